The van der Waals surface area contributed by atoms with E-state index < -0.39 is 0 Å². The Balaban J connectivity index is 1.23. The molecule has 67 heavy (non-hydrogen) atoms. The van der Waals surface area contributed by atoms with Gasteiger partial charge in [0.05, 0.1) is 11.4 Å². The van der Waals surface area contributed by atoms with Crippen LogP contribution in [0.5, 0.6) is 0 Å². The number of nitrogens with zero attached hydrogens (tertiary/aromatic N) is 4. The van der Waals surface area contributed by atoms with Crippen molar-refractivity contribution in [3.8, 4) is 22.9 Å². The number of para-hydroxylation sites is 2. The van der Waals surface area contributed by atoms with E-state index in [1.807, 2.05) is 12.1 Å². The summed E-state index contributed by atoms with van der Waals surface area (Å²) in [4.78, 5) is 4.81. The number of unbranched alkanes of at least 4 members (excludes halogenated alkanes) is 6. The number of hydrogen-bond donors (Lipinski definition) is 0. The van der Waals surface area contributed by atoms with Gasteiger partial charge in [-0.2, -0.15) is 0 Å². The molecule has 0 bridgehead atoms. The van der Waals surface area contributed by atoms with Crippen LogP contribution in [0.4, 0.5) is 34.1 Å². The van der Waals surface area contributed by atoms with Gasteiger partial charge in [0.25, 0.3) is 0 Å². The van der Waals surface area contributed by atoms with Crippen LogP contribution in [0.15, 0.2) is 180 Å². The first kappa shape index (κ1) is 46.3. The molecule has 5 heteroatoms. The SMILES string of the molecule is C/C=C/c1cc(N(c2ccccc2)c2ccc(CCCCCC)cc2)c(/C=C/c2ccc(-c3nnc(-c4ccc(C)cc4)o3)cc2)cc1N(c1ccccc1)c1ccc(CCCCCC)cc1. The summed E-state index contributed by atoms with van der Waals surface area (Å²) in [5.41, 5.74) is 15.6. The van der Waals surface area contributed by atoms with Gasteiger partial charge in [0.2, 0.25) is 11.8 Å². The fraction of sp³-hybridized carbons (Fsp3) is 0.226. The maximum Gasteiger partial charge on any atom is 0.248 e. The van der Waals surface area contributed by atoms with Gasteiger partial charge < -0.3 is 14.2 Å². The van der Waals surface area contributed by atoms with E-state index in [-0.39, 0.29) is 0 Å². The standard InChI is InChI=1S/C62H64N4O/c1-5-8-10-14-21-48-32-41-57(42-33-48)65(55-23-16-12-17-24-55)59-46-54(40-31-50-29-38-52(39-30-50)62-64-63-61(67-62)51-36-27-47(4)28-37-51)60(45-53(59)20-7-3)66(56-25-18-13-19-26-56)58-43-34-49(35-44-58)22-15-11-9-6-2/h7,12-13,16-20,23-46H,5-6,8-11,14-15,21-22H2,1-4H3/b20-7+,40-31+. The summed E-state index contributed by atoms with van der Waals surface area (Å²) in [5.74, 6) is 1.00. The van der Waals surface area contributed by atoms with Crippen molar-refractivity contribution in [2.45, 2.75) is 91.9 Å². The first-order valence-electron chi connectivity index (χ1n) is 24.4. The quantitative estimate of drug-likeness (QED) is 0.0531. The van der Waals surface area contributed by atoms with Crippen molar-refractivity contribution in [2.24, 2.45) is 0 Å². The minimum atomic E-state index is 0.494. The largest absolute Gasteiger partial charge is 0.416 e. The molecular formula is C62H64N4O. The van der Waals surface area contributed by atoms with Gasteiger partial charge in [-0.05, 0) is 141 Å². The number of rotatable bonds is 21. The topological polar surface area (TPSA) is 45.4 Å². The molecule has 0 N–H and O–H groups in total. The predicted molar refractivity (Wildman–Crippen MR) is 285 cm³/mol. The van der Waals surface area contributed by atoms with Crippen LogP contribution in [-0.4, -0.2) is 10.2 Å². The van der Waals surface area contributed by atoms with Crippen molar-refractivity contribution in [1.82, 2.24) is 10.2 Å². The molecule has 8 aromatic rings. The molecular weight excluding hydrogens is 817 g/mol. The summed E-state index contributed by atoms with van der Waals surface area (Å²) < 4.78 is 6.14. The molecule has 8 rings (SSSR count). The highest BCUT2D eigenvalue weighted by Gasteiger charge is 2.22. The molecule has 0 radical (unpaired) electrons. The Labute approximate surface area is 399 Å². The number of hydrogen-bond acceptors (Lipinski definition) is 5. The van der Waals surface area contributed by atoms with Crippen molar-refractivity contribution in [3.63, 3.8) is 0 Å². The van der Waals surface area contributed by atoms with Gasteiger partial charge in [-0.1, -0.05) is 167 Å². The van der Waals surface area contributed by atoms with Crippen molar-refractivity contribution < 1.29 is 4.42 Å². The third kappa shape index (κ3) is 12.0. The lowest BCUT2D eigenvalue weighted by molar-refractivity contribution is 0.584. The Bertz CT molecular complexity index is 2810. The molecule has 0 unspecified atom stereocenters. The number of benzene rings is 7. The Morgan fingerprint density at radius 2 is 0.881 bits per heavy atom. The molecule has 0 saturated heterocycles. The van der Waals surface area contributed by atoms with E-state index >= 15 is 0 Å². The molecule has 0 aliphatic rings. The normalized spacial score (nSPS) is 11.5. The first-order chi connectivity index (χ1) is 33.0. The monoisotopic (exact) mass is 881 g/mol. The Hall–Kier alpha value is -7.24. The number of aryl methyl sites for hydroxylation is 3. The third-order valence-electron chi connectivity index (χ3n) is 12.4. The van der Waals surface area contributed by atoms with Crippen LogP contribution in [0.3, 0.4) is 0 Å². The van der Waals surface area contributed by atoms with Crippen LogP contribution < -0.4 is 9.80 Å². The van der Waals surface area contributed by atoms with Gasteiger partial charge >= 0.3 is 0 Å². The smallest absolute Gasteiger partial charge is 0.248 e. The summed E-state index contributed by atoms with van der Waals surface area (Å²) in [6.45, 7) is 8.72. The molecule has 7 aromatic carbocycles. The summed E-state index contributed by atoms with van der Waals surface area (Å²) in [6.07, 6.45) is 21.1. The minimum Gasteiger partial charge on any atom is -0.416 e. The predicted octanol–water partition coefficient (Wildman–Crippen LogP) is 18.1. The fourth-order valence-corrected chi connectivity index (χ4v) is 8.66. The number of anilines is 6. The second kappa shape index (κ2) is 23.3. The van der Waals surface area contributed by atoms with Crippen LogP contribution in [0.2, 0.25) is 0 Å². The molecule has 0 aliphatic carbocycles. The van der Waals surface area contributed by atoms with Crippen molar-refractivity contribution in [2.75, 3.05) is 9.80 Å². The lowest BCUT2D eigenvalue weighted by atomic mass is 9.99. The van der Waals surface area contributed by atoms with E-state index in [0.717, 1.165) is 74.8 Å². The van der Waals surface area contributed by atoms with E-state index in [9.17, 15) is 0 Å². The van der Waals surface area contributed by atoms with Crippen molar-refractivity contribution in [1.29, 1.82) is 0 Å². The highest BCUT2D eigenvalue weighted by Crippen LogP contribution is 2.45. The first-order valence-corrected chi connectivity index (χ1v) is 24.4. The zero-order valence-electron chi connectivity index (χ0n) is 39.7. The maximum atomic E-state index is 6.14. The van der Waals surface area contributed by atoms with Crippen LogP contribution in [-0.2, 0) is 12.8 Å². The second-order valence-electron chi connectivity index (χ2n) is 17.5. The Morgan fingerprint density at radius 3 is 1.33 bits per heavy atom. The maximum absolute atomic E-state index is 6.14. The summed E-state index contributed by atoms with van der Waals surface area (Å²) in [7, 11) is 0. The molecule has 1 aromatic heterocycles. The third-order valence-corrected chi connectivity index (χ3v) is 12.4. The average Bonchev–Trinajstić information content (AvgIpc) is 3.87. The van der Waals surface area contributed by atoms with Gasteiger partial charge in [0.1, 0.15) is 0 Å². The molecule has 0 saturated carbocycles. The second-order valence-corrected chi connectivity index (χ2v) is 17.5. The molecule has 5 nitrogen and oxygen atoms in total. The molecule has 0 atom stereocenters. The highest BCUT2D eigenvalue weighted by atomic mass is 16.4. The lowest BCUT2D eigenvalue weighted by Gasteiger charge is -2.31. The number of allylic oxidation sites excluding steroid dienone is 1. The fourth-order valence-electron chi connectivity index (χ4n) is 8.66. The minimum absolute atomic E-state index is 0.494. The van der Waals surface area contributed by atoms with Crippen molar-refractivity contribution in [3.05, 3.63) is 209 Å². The molecule has 338 valence electrons. The van der Waals surface area contributed by atoms with Crippen LogP contribution in [0, 0.1) is 6.92 Å². The Kier molecular flexibility index (Phi) is 16.1. The van der Waals surface area contributed by atoms with E-state index in [1.54, 1.807) is 0 Å². The van der Waals surface area contributed by atoms with Crippen LogP contribution in [0.25, 0.3) is 41.1 Å². The summed E-state index contributed by atoms with van der Waals surface area (Å²) >= 11 is 0. The highest BCUT2D eigenvalue weighted by molar-refractivity contribution is 5.92. The van der Waals surface area contributed by atoms with E-state index in [4.69, 9.17) is 4.42 Å². The Morgan fingerprint density at radius 1 is 0.448 bits per heavy atom. The van der Waals surface area contributed by atoms with E-state index in [2.05, 4.69) is 230 Å². The summed E-state index contributed by atoms with van der Waals surface area (Å²) in [5, 5.41) is 8.75. The molecule has 0 spiro atoms. The van der Waals surface area contributed by atoms with Gasteiger partial charge in [-0.3, -0.25) is 0 Å². The number of aromatic nitrogens is 2. The van der Waals surface area contributed by atoms with Crippen LogP contribution >= 0.6 is 0 Å². The van der Waals surface area contributed by atoms with Crippen LogP contribution in [0.1, 0.15) is 106 Å². The molecule has 0 aliphatic heterocycles. The zero-order valence-corrected chi connectivity index (χ0v) is 39.7. The summed E-state index contributed by atoms with van der Waals surface area (Å²) in [6, 6.07) is 61.1. The van der Waals surface area contributed by atoms with Crippen molar-refractivity contribution >= 4 is 52.4 Å². The van der Waals surface area contributed by atoms with E-state index in [1.165, 1.54) is 68.1 Å². The van der Waals surface area contributed by atoms with Gasteiger partial charge in [0.15, 0.2) is 0 Å². The molecule has 0 amide bonds. The van der Waals surface area contributed by atoms with Gasteiger partial charge in [-0.25, -0.2) is 0 Å². The average molecular weight is 881 g/mol. The van der Waals surface area contributed by atoms with Gasteiger partial charge in [0, 0.05) is 45.0 Å². The van der Waals surface area contributed by atoms with Gasteiger partial charge in [-0.15, -0.1) is 10.2 Å². The molecule has 0 fully saturated rings. The van der Waals surface area contributed by atoms with E-state index in [0.29, 0.717) is 11.8 Å². The lowest BCUT2D eigenvalue weighted by Crippen LogP contribution is -2.15. The molecule has 1 heterocycles. The zero-order chi connectivity index (χ0) is 46.2.